The number of rotatable bonds is 8. The van der Waals surface area contributed by atoms with Gasteiger partial charge < -0.3 is 19.6 Å². The van der Waals surface area contributed by atoms with E-state index < -0.39 is 16.9 Å². The molecular weight excluding hydrogens is 352 g/mol. The number of benzene rings is 1. The Morgan fingerprint density at radius 1 is 1.36 bits per heavy atom. The average molecular weight is 369 g/mol. The number of carbonyl (C=O) groups is 1. The van der Waals surface area contributed by atoms with Gasteiger partial charge >= 0.3 is 11.7 Å². The highest BCUT2D eigenvalue weighted by atomic mass is 35.5. The number of hydrogen-bond donors (Lipinski definition) is 1. The Bertz CT molecular complexity index is 761. The highest BCUT2D eigenvalue weighted by Crippen LogP contribution is 2.30. The molecule has 9 heteroatoms. The van der Waals surface area contributed by atoms with Gasteiger partial charge in [0.1, 0.15) is 24.2 Å². The molecule has 25 heavy (non-hydrogen) atoms. The largest absolute Gasteiger partial charge is 0.479 e. The van der Waals surface area contributed by atoms with Crippen LogP contribution >= 0.6 is 11.6 Å². The maximum atomic E-state index is 11.5. The first-order chi connectivity index (χ1) is 11.9. The van der Waals surface area contributed by atoms with Crippen molar-refractivity contribution in [3.05, 3.63) is 57.0 Å². The Labute approximate surface area is 148 Å². The lowest BCUT2D eigenvalue weighted by atomic mass is 10.2. The predicted molar refractivity (Wildman–Crippen MR) is 89.5 cm³/mol. The Morgan fingerprint density at radius 2 is 2.08 bits per heavy atom. The number of nitrogens with zero attached hydrogens (tertiary/aromatic N) is 1. The van der Waals surface area contributed by atoms with Gasteiger partial charge in [-0.2, -0.15) is 0 Å². The van der Waals surface area contributed by atoms with E-state index in [-0.39, 0.29) is 36.1 Å². The first-order valence-electron chi connectivity index (χ1n) is 7.47. The van der Waals surface area contributed by atoms with Gasteiger partial charge in [-0.25, -0.2) is 0 Å². The van der Waals surface area contributed by atoms with Crippen LogP contribution in [0.5, 0.6) is 5.75 Å². The van der Waals surface area contributed by atoms with Crippen LogP contribution in [-0.4, -0.2) is 23.5 Å². The zero-order chi connectivity index (χ0) is 18.4. The number of nitro benzene ring substituents is 1. The fraction of sp³-hybridized carbons (Fsp3) is 0.312. The van der Waals surface area contributed by atoms with Crippen molar-refractivity contribution in [3.63, 3.8) is 0 Å². The number of furan rings is 1. The molecule has 2 N–H and O–H groups in total. The van der Waals surface area contributed by atoms with Crippen molar-refractivity contribution in [2.45, 2.75) is 26.0 Å². The molecule has 1 aromatic carbocycles. The van der Waals surface area contributed by atoms with E-state index in [4.69, 9.17) is 31.2 Å². The van der Waals surface area contributed by atoms with Crippen LogP contribution in [0.4, 0.5) is 5.69 Å². The van der Waals surface area contributed by atoms with E-state index in [2.05, 4.69) is 0 Å². The smallest absolute Gasteiger partial charge is 0.323 e. The Balaban J connectivity index is 1.98. The summed E-state index contributed by atoms with van der Waals surface area (Å²) < 4.78 is 15.8. The first-order valence-corrected chi connectivity index (χ1v) is 7.85. The molecule has 0 amide bonds. The third-order valence-electron chi connectivity index (χ3n) is 3.22. The molecule has 2 rings (SSSR count). The van der Waals surface area contributed by atoms with Gasteiger partial charge in [-0.05, 0) is 31.2 Å². The molecular formula is C16H17ClN2O6. The summed E-state index contributed by atoms with van der Waals surface area (Å²) in [5.41, 5.74) is 5.49. The zero-order valence-electron chi connectivity index (χ0n) is 13.4. The Morgan fingerprint density at radius 3 is 2.76 bits per heavy atom. The van der Waals surface area contributed by atoms with Crippen molar-refractivity contribution in [1.29, 1.82) is 0 Å². The molecule has 8 nitrogen and oxygen atoms in total. The lowest BCUT2D eigenvalue weighted by molar-refractivity contribution is -0.385. The molecule has 134 valence electrons. The number of ether oxygens (including phenoxy) is 2. The molecule has 0 bridgehead atoms. The van der Waals surface area contributed by atoms with Crippen molar-refractivity contribution < 1.29 is 23.6 Å². The normalized spacial score (nSPS) is 11.8. The standard InChI is InChI=1S/C16H17ClN2O6/c1-2-23-16(20)13(18)8-11-4-5-12(25-11)9-24-15-6-3-10(17)7-14(15)19(21)22/h3-7,13H,2,8-9,18H2,1H3. The third-order valence-corrected chi connectivity index (χ3v) is 3.45. The monoisotopic (exact) mass is 368 g/mol. The van der Waals surface area contributed by atoms with Gasteiger partial charge in [-0.1, -0.05) is 11.6 Å². The molecule has 0 aliphatic heterocycles. The van der Waals surface area contributed by atoms with Crippen LogP contribution in [-0.2, 0) is 22.6 Å². The molecule has 1 aromatic heterocycles. The van der Waals surface area contributed by atoms with Crippen LogP contribution < -0.4 is 10.5 Å². The summed E-state index contributed by atoms with van der Waals surface area (Å²) >= 11 is 5.75. The maximum absolute atomic E-state index is 11.5. The molecule has 0 saturated carbocycles. The Hall–Kier alpha value is -2.58. The van der Waals surface area contributed by atoms with Crippen molar-refractivity contribution >= 4 is 23.3 Å². The number of nitro groups is 1. The van der Waals surface area contributed by atoms with E-state index >= 15 is 0 Å². The van der Waals surface area contributed by atoms with E-state index in [1.165, 1.54) is 18.2 Å². The zero-order valence-corrected chi connectivity index (χ0v) is 14.2. The van der Waals surface area contributed by atoms with E-state index in [1.807, 2.05) is 0 Å². The highest BCUT2D eigenvalue weighted by Gasteiger charge is 2.18. The quantitative estimate of drug-likeness (QED) is 0.432. The molecule has 0 spiro atoms. The lowest BCUT2D eigenvalue weighted by Gasteiger charge is -2.08. The fourth-order valence-corrected chi connectivity index (χ4v) is 2.23. The number of nitrogens with two attached hydrogens (primary N) is 1. The summed E-state index contributed by atoms with van der Waals surface area (Å²) in [6, 6.07) is 6.61. The van der Waals surface area contributed by atoms with Crippen molar-refractivity contribution in [1.82, 2.24) is 0 Å². The van der Waals surface area contributed by atoms with E-state index in [9.17, 15) is 14.9 Å². The number of esters is 1. The summed E-state index contributed by atoms with van der Waals surface area (Å²) in [6.07, 6.45) is 0.180. The van der Waals surface area contributed by atoms with Gasteiger partial charge in [0.05, 0.1) is 11.5 Å². The molecule has 1 heterocycles. The predicted octanol–water partition coefficient (Wildman–Crippen LogP) is 2.85. The maximum Gasteiger partial charge on any atom is 0.323 e. The van der Waals surface area contributed by atoms with E-state index in [0.717, 1.165) is 0 Å². The SMILES string of the molecule is CCOC(=O)C(N)Cc1ccc(COc2ccc(Cl)cc2[N+](=O)[O-])o1. The minimum atomic E-state index is -0.822. The second-order valence-electron chi connectivity index (χ2n) is 5.09. The Kier molecular flexibility index (Phi) is 6.37. The molecule has 1 atom stereocenters. The fourth-order valence-electron chi connectivity index (χ4n) is 2.06. The van der Waals surface area contributed by atoms with Gasteiger partial charge in [-0.3, -0.25) is 14.9 Å². The van der Waals surface area contributed by atoms with Crippen LogP contribution in [0.15, 0.2) is 34.7 Å². The molecule has 0 aliphatic rings. The van der Waals surface area contributed by atoms with Crippen LogP contribution in [0, 0.1) is 10.1 Å². The third kappa shape index (κ3) is 5.20. The highest BCUT2D eigenvalue weighted by molar-refractivity contribution is 6.30. The minimum absolute atomic E-state index is 0.0167. The average Bonchev–Trinajstić information content (AvgIpc) is 3.01. The molecule has 0 fully saturated rings. The number of hydrogen-bond acceptors (Lipinski definition) is 7. The molecule has 0 aliphatic carbocycles. The number of halogens is 1. The van der Waals surface area contributed by atoms with Gasteiger partial charge in [0.25, 0.3) is 0 Å². The van der Waals surface area contributed by atoms with E-state index in [0.29, 0.717) is 11.5 Å². The van der Waals surface area contributed by atoms with Crippen LogP contribution in [0.25, 0.3) is 0 Å². The summed E-state index contributed by atoms with van der Waals surface area (Å²) in [4.78, 5) is 21.9. The second kappa shape index (κ2) is 8.50. The van der Waals surface area contributed by atoms with Gasteiger partial charge in [0, 0.05) is 17.5 Å². The summed E-state index contributed by atoms with van der Waals surface area (Å²) in [6.45, 7) is 1.93. The summed E-state index contributed by atoms with van der Waals surface area (Å²) in [7, 11) is 0. The van der Waals surface area contributed by atoms with Gasteiger partial charge in [0.2, 0.25) is 0 Å². The first kappa shape index (κ1) is 18.8. The summed E-state index contributed by atoms with van der Waals surface area (Å²) in [5.74, 6) is 0.504. The second-order valence-corrected chi connectivity index (χ2v) is 5.52. The minimum Gasteiger partial charge on any atom is -0.479 e. The van der Waals surface area contributed by atoms with Gasteiger partial charge in [-0.15, -0.1) is 0 Å². The summed E-state index contributed by atoms with van der Waals surface area (Å²) in [5, 5.41) is 11.3. The molecule has 2 aromatic rings. The lowest BCUT2D eigenvalue weighted by Crippen LogP contribution is -2.34. The number of carbonyl (C=O) groups excluding carboxylic acids is 1. The van der Waals surface area contributed by atoms with Crippen LogP contribution in [0.1, 0.15) is 18.4 Å². The van der Waals surface area contributed by atoms with Crippen LogP contribution in [0.2, 0.25) is 5.02 Å². The van der Waals surface area contributed by atoms with Crippen molar-refractivity contribution in [3.8, 4) is 5.75 Å². The molecule has 0 radical (unpaired) electrons. The van der Waals surface area contributed by atoms with Crippen molar-refractivity contribution in [2.24, 2.45) is 5.73 Å². The topological polar surface area (TPSA) is 118 Å². The molecule has 1 unspecified atom stereocenters. The van der Waals surface area contributed by atoms with Crippen molar-refractivity contribution in [2.75, 3.05) is 6.61 Å². The molecule has 0 saturated heterocycles. The van der Waals surface area contributed by atoms with Gasteiger partial charge in [0.15, 0.2) is 5.75 Å². The van der Waals surface area contributed by atoms with Crippen LogP contribution in [0.3, 0.4) is 0 Å². The van der Waals surface area contributed by atoms with E-state index in [1.54, 1.807) is 19.1 Å².